The first-order valence-electron chi connectivity index (χ1n) is 9.65. The van der Waals surface area contributed by atoms with Gasteiger partial charge in [0.15, 0.2) is 5.76 Å². The fraction of sp³-hybridized carbons (Fsp3) is 0.304. The lowest BCUT2D eigenvalue weighted by atomic mass is 10.2. The molecule has 0 bridgehead atoms. The van der Waals surface area contributed by atoms with Crippen LogP contribution in [0.2, 0.25) is 0 Å². The smallest absolute Gasteiger partial charge is 0.290 e. The third-order valence-corrected chi connectivity index (χ3v) is 5.80. The summed E-state index contributed by atoms with van der Waals surface area (Å²) in [7, 11) is 0. The standard InChI is InChI=1S/C23H26N2O3S/c1-17(2)25(23(27)20-10-7-12-28-20)16-22(26)24(14-19-8-5-4-6-9-19)15-21-18(3)11-13-29-21/h4-13,17H,14-16H2,1-3H3. The molecule has 0 N–H and O–H groups in total. The second kappa shape index (κ2) is 9.56. The molecule has 0 saturated carbocycles. The largest absolute Gasteiger partial charge is 0.459 e. The van der Waals surface area contributed by atoms with Gasteiger partial charge in [0, 0.05) is 17.5 Å². The van der Waals surface area contributed by atoms with Crippen molar-refractivity contribution in [3.8, 4) is 0 Å². The van der Waals surface area contributed by atoms with E-state index in [0.717, 1.165) is 10.4 Å². The number of carbonyl (C=O) groups is 2. The van der Waals surface area contributed by atoms with Crippen molar-refractivity contribution in [1.29, 1.82) is 0 Å². The van der Waals surface area contributed by atoms with Crippen LogP contribution >= 0.6 is 11.3 Å². The SMILES string of the molecule is Cc1ccsc1CN(Cc1ccccc1)C(=O)CN(C(=O)c1ccco1)C(C)C. The first kappa shape index (κ1) is 20.9. The van der Waals surface area contributed by atoms with Crippen molar-refractivity contribution in [2.75, 3.05) is 6.54 Å². The molecule has 29 heavy (non-hydrogen) atoms. The maximum atomic E-state index is 13.3. The zero-order valence-electron chi connectivity index (χ0n) is 17.0. The van der Waals surface area contributed by atoms with Crippen LogP contribution in [0.15, 0.2) is 64.6 Å². The molecule has 0 aliphatic carbocycles. The van der Waals surface area contributed by atoms with Gasteiger partial charge in [0.1, 0.15) is 6.54 Å². The van der Waals surface area contributed by atoms with Crippen molar-refractivity contribution < 1.29 is 14.0 Å². The average Bonchev–Trinajstić information content (AvgIpc) is 3.38. The minimum Gasteiger partial charge on any atom is -0.459 e. The first-order chi connectivity index (χ1) is 14.0. The third-order valence-electron chi connectivity index (χ3n) is 4.79. The van der Waals surface area contributed by atoms with Gasteiger partial charge in [0.05, 0.1) is 12.8 Å². The average molecular weight is 411 g/mol. The van der Waals surface area contributed by atoms with Gasteiger partial charge in [0.25, 0.3) is 5.91 Å². The maximum absolute atomic E-state index is 13.3. The van der Waals surface area contributed by atoms with Crippen molar-refractivity contribution >= 4 is 23.2 Å². The Morgan fingerprint density at radius 3 is 2.38 bits per heavy atom. The van der Waals surface area contributed by atoms with E-state index in [0.29, 0.717) is 13.1 Å². The van der Waals surface area contributed by atoms with Gasteiger partial charge in [-0.1, -0.05) is 30.3 Å². The summed E-state index contributed by atoms with van der Waals surface area (Å²) in [5, 5.41) is 2.04. The molecule has 0 radical (unpaired) electrons. The highest BCUT2D eigenvalue weighted by Crippen LogP contribution is 2.20. The Kier molecular flexibility index (Phi) is 6.88. The Balaban J connectivity index is 1.80. The van der Waals surface area contributed by atoms with Crippen LogP contribution in [-0.4, -0.2) is 34.2 Å². The fourth-order valence-corrected chi connectivity index (χ4v) is 3.97. The summed E-state index contributed by atoms with van der Waals surface area (Å²) in [4.78, 5) is 30.6. The summed E-state index contributed by atoms with van der Waals surface area (Å²) < 4.78 is 5.25. The molecular weight excluding hydrogens is 384 g/mol. The minimum absolute atomic E-state index is 0.00839. The lowest BCUT2D eigenvalue weighted by Crippen LogP contribution is -2.45. The molecule has 0 fully saturated rings. The number of nitrogens with zero attached hydrogens (tertiary/aromatic N) is 2. The molecule has 2 aromatic heterocycles. The van der Waals surface area contributed by atoms with Gasteiger partial charge >= 0.3 is 0 Å². The van der Waals surface area contributed by atoms with Gasteiger partial charge in [-0.2, -0.15) is 0 Å². The monoisotopic (exact) mass is 410 g/mol. The Morgan fingerprint density at radius 1 is 1.03 bits per heavy atom. The summed E-state index contributed by atoms with van der Waals surface area (Å²) in [5.74, 6) is -0.115. The number of carbonyl (C=O) groups excluding carboxylic acids is 2. The van der Waals surface area contributed by atoms with Gasteiger partial charge in [-0.05, 0) is 55.5 Å². The van der Waals surface area contributed by atoms with E-state index in [1.807, 2.05) is 54.5 Å². The summed E-state index contributed by atoms with van der Waals surface area (Å²) in [6, 6.07) is 15.1. The van der Waals surface area contributed by atoms with E-state index in [4.69, 9.17) is 4.42 Å². The highest BCUT2D eigenvalue weighted by molar-refractivity contribution is 7.10. The Bertz CT molecular complexity index is 932. The van der Waals surface area contributed by atoms with Crippen molar-refractivity contribution in [3.63, 3.8) is 0 Å². The molecule has 3 aromatic rings. The highest BCUT2D eigenvalue weighted by atomic mass is 32.1. The van der Waals surface area contributed by atoms with E-state index in [-0.39, 0.29) is 30.2 Å². The number of hydrogen-bond donors (Lipinski definition) is 0. The summed E-state index contributed by atoms with van der Waals surface area (Å²) >= 11 is 1.65. The van der Waals surface area contributed by atoms with Crippen LogP contribution < -0.4 is 0 Å². The third kappa shape index (κ3) is 5.35. The first-order valence-corrected chi connectivity index (χ1v) is 10.5. The molecule has 0 aliphatic heterocycles. The molecule has 5 nitrogen and oxygen atoms in total. The second-order valence-electron chi connectivity index (χ2n) is 7.27. The zero-order valence-corrected chi connectivity index (χ0v) is 17.8. The normalized spacial score (nSPS) is 10.9. The molecule has 3 rings (SSSR count). The molecule has 152 valence electrons. The van der Waals surface area contributed by atoms with E-state index in [1.165, 1.54) is 11.8 Å². The lowest BCUT2D eigenvalue weighted by Gasteiger charge is -2.29. The van der Waals surface area contributed by atoms with E-state index in [9.17, 15) is 9.59 Å². The molecule has 2 heterocycles. The number of amides is 2. The van der Waals surface area contributed by atoms with Gasteiger partial charge in [-0.3, -0.25) is 9.59 Å². The fourth-order valence-electron chi connectivity index (χ4n) is 3.05. The van der Waals surface area contributed by atoms with E-state index in [2.05, 4.69) is 13.0 Å². The predicted octanol–water partition coefficient (Wildman–Crippen LogP) is 4.73. The van der Waals surface area contributed by atoms with Crippen LogP contribution in [0.1, 0.15) is 40.4 Å². The number of aryl methyl sites for hydroxylation is 1. The molecular formula is C23H26N2O3S. The molecule has 2 amide bonds. The van der Waals surface area contributed by atoms with Crippen LogP contribution in [0, 0.1) is 6.92 Å². The minimum atomic E-state index is -0.273. The Hall–Kier alpha value is -2.86. The number of thiophene rings is 1. The lowest BCUT2D eigenvalue weighted by molar-refractivity contribution is -0.133. The molecule has 0 aliphatic rings. The topological polar surface area (TPSA) is 53.8 Å². The molecule has 6 heteroatoms. The molecule has 0 spiro atoms. The van der Waals surface area contributed by atoms with Crippen LogP contribution in [-0.2, 0) is 17.9 Å². The number of furan rings is 1. The highest BCUT2D eigenvalue weighted by Gasteiger charge is 2.26. The van der Waals surface area contributed by atoms with Crippen molar-refractivity contribution in [3.05, 3.63) is 81.9 Å². The zero-order chi connectivity index (χ0) is 20.8. The van der Waals surface area contributed by atoms with Crippen molar-refractivity contribution in [2.45, 2.75) is 39.9 Å². The Labute approximate surface area is 175 Å². The maximum Gasteiger partial charge on any atom is 0.290 e. The van der Waals surface area contributed by atoms with Crippen LogP contribution in [0.4, 0.5) is 0 Å². The quantitative estimate of drug-likeness (QED) is 0.539. The Morgan fingerprint density at radius 2 is 1.79 bits per heavy atom. The van der Waals surface area contributed by atoms with E-state index >= 15 is 0 Å². The van der Waals surface area contributed by atoms with E-state index in [1.54, 1.807) is 28.4 Å². The summed E-state index contributed by atoms with van der Waals surface area (Å²) in [5.41, 5.74) is 2.23. The van der Waals surface area contributed by atoms with Crippen molar-refractivity contribution in [1.82, 2.24) is 9.80 Å². The second-order valence-corrected chi connectivity index (χ2v) is 8.27. The van der Waals surface area contributed by atoms with Crippen LogP contribution in [0.25, 0.3) is 0 Å². The number of benzene rings is 1. The van der Waals surface area contributed by atoms with Gasteiger partial charge < -0.3 is 14.2 Å². The van der Waals surface area contributed by atoms with Gasteiger partial charge in [-0.25, -0.2) is 0 Å². The van der Waals surface area contributed by atoms with Crippen LogP contribution in [0.5, 0.6) is 0 Å². The summed E-state index contributed by atoms with van der Waals surface area (Å²) in [6.45, 7) is 6.89. The molecule has 0 unspecified atom stereocenters. The molecule has 0 atom stereocenters. The molecule has 0 saturated heterocycles. The van der Waals surface area contributed by atoms with E-state index < -0.39 is 0 Å². The number of rotatable bonds is 8. The van der Waals surface area contributed by atoms with Crippen molar-refractivity contribution in [2.24, 2.45) is 0 Å². The van der Waals surface area contributed by atoms with Gasteiger partial charge in [-0.15, -0.1) is 11.3 Å². The predicted molar refractivity (Wildman–Crippen MR) is 115 cm³/mol. The number of hydrogen-bond acceptors (Lipinski definition) is 4. The summed E-state index contributed by atoms with van der Waals surface area (Å²) in [6.07, 6.45) is 1.47. The molecule has 1 aromatic carbocycles. The van der Waals surface area contributed by atoms with Crippen LogP contribution in [0.3, 0.4) is 0 Å². The van der Waals surface area contributed by atoms with Gasteiger partial charge in [0.2, 0.25) is 5.91 Å².